The summed E-state index contributed by atoms with van der Waals surface area (Å²) in [5, 5.41) is 14.5. The number of aliphatic hydroxyl groups is 1. The zero-order valence-electron chi connectivity index (χ0n) is 9.57. The summed E-state index contributed by atoms with van der Waals surface area (Å²) in [7, 11) is 0. The maximum absolute atomic E-state index is 13.8. The number of benzene rings is 1. The van der Waals surface area contributed by atoms with Gasteiger partial charge in [0.25, 0.3) is 0 Å². The van der Waals surface area contributed by atoms with Crippen LogP contribution in [-0.2, 0) is 6.54 Å². The number of aromatic nitrogens is 2. The molecule has 96 valence electrons. The Morgan fingerprint density at radius 2 is 2.11 bits per heavy atom. The van der Waals surface area contributed by atoms with Crippen molar-refractivity contribution in [2.75, 3.05) is 0 Å². The predicted octanol–water partition coefficient (Wildman–Crippen LogP) is 3.65. The molecule has 6 heteroatoms. The molecular weight excluding hydrogens is 367 g/mol. The van der Waals surface area contributed by atoms with Gasteiger partial charge in [0, 0.05) is 16.6 Å². The second kappa shape index (κ2) is 5.50. The quantitative estimate of drug-likeness (QED) is 0.886. The first-order chi connectivity index (χ1) is 8.56. The summed E-state index contributed by atoms with van der Waals surface area (Å²) in [4.78, 5) is 0. The molecular formula is C12H11Br2FN2O. The van der Waals surface area contributed by atoms with Gasteiger partial charge in [0.1, 0.15) is 11.9 Å². The van der Waals surface area contributed by atoms with E-state index in [2.05, 4.69) is 37.0 Å². The molecule has 0 saturated heterocycles. The molecule has 0 aliphatic heterocycles. The third-order valence-electron chi connectivity index (χ3n) is 2.66. The van der Waals surface area contributed by atoms with Crippen molar-refractivity contribution in [1.29, 1.82) is 0 Å². The van der Waals surface area contributed by atoms with Crippen molar-refractivity contribution in [3.63, 3.8) is 0 Å². The number of halogens is 3. The molecule has 0 saturated carbocycles. The summed E-state index contributed by atoms with van der Waals surface area (Å²) in [6, 6.07) is 4.61. The maximum Gasteiger partial charge on any atom is 0.130 e. The van der Waals surface area contributed by atoms with Crippen molar-refractivity contribution >= 4 is 31.9 Å². The lowest BCUT2D eigenvalue weighted by molar-refractivity contribution is 0.201. The van der Waals surface area contributed by atoms with E-state index in [1.165, 1.54) is 6.07 Å². The molecule has 18 heavy (non-hydrogen) atoms. The molecule has 1 unspecified atom stereocenters. The zero-order valence-corrected chi connectivity index (χ0v) is 12.7. The van der Waals surface area contributed by atoms with Crippen molar-refractivity contribution in [3.8, 4) is 0 Å². The minimum absolute atomic E-state index is 0.216. The van der Waals surface area contributed by atoms with Crippen LogP contribution in [0.25, 0.3) is 0 Å². The lowest BCUT2D eigenvalue weighted by Crippen LogP contribution is -2.11. The Morgan fingerprint density at radius 1 is 1.39 bits per heavy atom. The van der Waals surface area contributed by atoms with Gasteiger partial charge in [-0.2, -0.15) is 5.10 Å². The molecule has 0 bridgehead atoms. The minimum atomic E-state index is -1.07. The fourth-order valence-electron chi connectivity index (χ4n) is 1.80. The van der Waals surface area contributed by atoms with Gasteiger partial charge < -0.3 is 5.11 Å². The molecule has 0 amide bonds. The molecule has 1 N–H and O–H groups in total. The van der Waals surface area contributed by atoms with Gasteiger partial charge in [0.15, 0.2) is 0 Å². The monoisotopic (exact) mass is 376 g/mol. The van der Waals surface area contributed by atoms with Crippen LogP contribution < -0.4 is 0 Å². The van der Waals surface area contributed by atoms with Crippen molar-refractivity contribution in [2.45, 2.75) is 19.6 Å². The van der Waals surface area contributed by atoms with Crippen LogP contribution in [0.4, 0.5) is 4.39 Å². The van der Waals surface area contributed by atoms with Gasteiger partial charge in [-0.15, -0.1) is 0 Å². The third kappa shape index (κ3) is 2.37. The summed E-state index contributed by atoms with van der Waals surface area (Å²) >= 11 is 6.58. The van der Waals surface area contributed by atoms with Gasteiger partial charge in [0.05, 0.1) is 16.4 Å². The SMILES string of the molecule is CCn1ncc(Br)c1C(O)c1c(F)cccc1Br. The summed E-state index contributed by atoms with van der Waals surface area (Å²) in [5.74, 6) is -0.451. The van der Waals surface area contributed by atoms with Gasteiger partial charge in [-0.25, -0.2) is 4.39 Å². The van der Waals surface area contributed by atoms with E-state index >= 15 is 0 Å². The summed E-state index contributed by atoms with van der Waals surface area (Å²) in [6.07, 6.45) is 0.522. The van der Waals surface area contributed by atoms with Gasteiger partial charge in [-0.3, -0.25) is 4.68 Å². The first kappa shape index (κ1) is 13.7. The highest BCUT2D eigenvalue weighted by Gasteiger charge is 2.23. The van der Waals surface area contributed by atoms with E-state index < -0.39 is 11.9 Å². The maximum atomic E-state index is 13.8. The smallest absolute Gasteiger partial charge is 0.130 e. The van der Waals surface area contributed by atoms with E-state index in [1.54, 1.807) is 23.0 Å². The Labute approximate surface area is 121 Å². The van der Waals surface area contributed by atoms with Crippen LogP contribution >= 0.6 is 31.9 Å². The molecule has 0 radical (unpaired) electrons. The molecule has 0 aliphatic rings. The van der Waals surface area contributed by atoms with E-state index in [-0.39, 0.29) is 5.56 Å². The van der Waals surface area contributed by atoms with Crippen molar-refractivity contribution < 1.29 is 9.50 Å². The molecule has 1 heterocycles. The van der Waals surface area contributed by atoms with Crippen LogP contribution in [0.15, 0.2) is 33.3 Å². The fraction of sp³-hybridized carbons (Fsp3) is 0.250. The van der Waals surface area contributed by atoms with Gasteiger partial charge >= 0.3 is 0 Å². The second-order valence-corrected chi connectivity index (χ2v) is 5.44. The van der Waals surface area contributed by atoms with Gasteiger partial charge in [-0.1, -0.05) is 22.0 Å². The highest BCUT2D eigenvalue weighted by molar-refractivity contribution is 9.10. The Morgan fingerprint density at radius 3 is 2.72 bits per heavy atom. The number of nitrogens with zero attached hydrogens (tertiary/aromatic N) is 2. The van der Waals surface area contributed by atoms with E-state index in [1.807, 2.05) is 6.92 Å². The topological polar surface area (TPSA) is 38.0 Å². The molecule has 0 spiro atoms. The Bertz CT molecular complexity index is 551. The number of hydrogen-bond donors (Lipinski definition) is 1. The van der Waals surface area contributed by atoms with Crippen molar-refractivity contribution in [2.24, 2.45) is 0 Å². The van der Waals surface area contributed by atoms with Crippen LogP contribution in [0, 0.1) is 5.82 Å². The highest BCUT2D eigenvalue weighted by Crippen LogP contribution is 2.34. The predicted molar refractivity (Wildman–Crippen MR) is 73.8 cm³/mol. The first-order valence-corrected chi connectivity index (χ1v) is 6.98. The summed E-state index contributed by atoms with van der Waals surface area (Å²) in [5.41, 5.74) is 0.761. The normalized spacial score (nSPS) is 12.7. The first-order valence-electron chi connectivity index (χ1n) is 5.39. The summed E-state index contributed by atoms with van der Waals surface area (Å²) in [6.45, 7) is 2.51. The molecule has 1 atom stereocenters. The van der Waals surface area contributed by atoms with E-state index in [4.69, 9.17) is 0 Å². The minimum Gasteiger partial charge on any atom is -0.382 e. The molecule has 0 fully saturated rings. The fourth-order valence-corrected chi connectivity index (χ4v) is 2.88. The average Bonchev–Trinajstić information content (AvgIpc) is 2.70. The van der Waals surface area contributed by atoms with Crippen LogP contribution in [0.2, 0.25) is 0 Å². The lowest BCUT2D eigenvalue weighted by Gasteiger charge is -2.15. The standard InChI is InChI=1S/C12H11Br2FN2O/c1-2-17-11(8(14)6-16-17)12(18)10-7(13)4-3-5-9(10)15/h3-6,12,18H,2H2,1H3. The van der Waals surface area contributed by atoms with Crippen molar-refractivity contribution in [1.82, 2.24) is 9.78 Å². The second-order valence-electron chi connectivity index (χ2n) is 3.73. The van der Waals surface area contributed by atoms with E-state index in [0.717, 1.165) is 0 Å². The molecule has 2 aromatic rings. The molecule has 3 nitrogen and oxygen atoms in total. The lowest BCUT2D eigenvalue weighted by atomic mass is 10.1. The number of rotatable bonds is 3. The summed E-state index contributed by atoms with van der Waals surface area (Å²) < 4.78 is 16.7. The van der Waals surface area contributed by atoms with E-state index in [0.29, 0.717) is 21.2 Å². The molecule has 0 aliphatic carbocycles. The average molecular weight is 378 g/mol. The molecule has 1 aromatic heterocycles. The van der Waals surface area contributed by atoms with Crippen LogP contribution in [0.1, 0.15) is 24.3 Å². The third-order valence-corrected chi connectivity index (χ3v) is 3.97. The number of aliphatic hydroxyl groups excluding tert-OH is 1. The number of aryl methyl sites for hydroxylation is 1. The zero-order chi connectivity index (χ0) is 13.3. The Kier molecular flexibility index (Phi) is 4.19. The van der Waals surface area contributed by atoms with Crippen LogP contribution in [-0.4, -0.2) is 14.9 Å². The molecule has 1 aromatic carbocycles. The highest BCUT2D eigenvalue weighted by atomic mass is 79.9. The van der Waals surface area contributed by atoms with Gasteiger partial charge in [-0.05, 0) is 35.0 Å². The van der Waals surface area contributed by atoms with E-state index in [9.17, 15) is 9.50 Å². The largest absolute Gasteiger partial charge is 0.382 e. The van der Waals surface area contributed by atoms with Crippen LogP contribution in [0.3, 0.4) is 0 Å². The van der Waals surface area contributed by atoms with Crippen LogP contribution in [0.5, 0.6) is 0 Å². The Balaban J connectivity index is 2.54. The molecule has 2 rings (SSSR count). The number of hydrogen-bond acceptors (Lipinski definition) is 2. The van der Waals surface area contributed by atoms with Gasteiger partial charge in [0.2, 0.25) is 0 Å². The Hall–Kier alpha value is -0.720. The van der Waals surface area contributed by atoms with Crippen molar-refractivity contribution in [3.05, 3.63) is 50.4 Å².